The van der Waals surface area contributed by atoms with Crippen LogP contribution >= 0.6 is 0 Å². The quantitative estimate of drug-likeness (QED) is 0.292. The van der Waals surface area contributed by atoms with Gasteiger partial charge in [-0.05, 0) is 0 Å². The Labute approximate surface area is 49.4 Å². The second-order valence-electron chi connectivity index (χ2n) is 1.00. The van der Waals surface area contributed by atoms with Gasteiger partial charge in [0, 0.05) is 11.9 Å². The molecule has 2 N–H and O–H groups in total. The maximum absolute atomic E-state index is 4.94. The van der Waals surface area contributed by atoms with Crippen molar-refractivity contribution in [1.29, 1.82) is 0 Å². The first-order valence-electron chi connectivity index (χ1n) is 1.98. The summed E-state index contributed by atoms with van der Waals surface area (Å²) in [5.74, 6) is 0. The fourth-order valence-electron chi connectivity index (χ4n) is 0.147. The smallest absolute Gasteiger partial charge is 0.166 e. The van der Waals surface area contributed by atoms with Gasteiger partial charge in [-0.15, -0.1) is 0 Å². The van der Waals surface area contributed by atoms with Gasteiger partial charge in [0.05, 0.1) is 0 Å². The number of amidine groups is 1. The van der Waals surface area contributed by atoms with Gasteiger partial charge in [0.15, 0.2) is 7.85 Å². The first kappa shape index (κ1) is 6.94. The predicted octanol–water partition coefficient (Wildman–Crippen LogP) is -0.359. The predicted molar refractivity (Wildman–Crippen MR) is 36.1 cm³/mol. The largest absolute Gasteiger partial charge is 0.396 e. The van der Waals surface area contributed by atoms with E-state index in [9.17, 15) is 0 Å². The molecular formula is C4H6BN3. The Morgan fingerprint density at radius 3 is 2.75 bits per heavy atom. The summed E-state index contributed by atoms with van der Waals surface area (Å²) in [5, 5.41) is 0. The van der Waals surface area contributed by atoms with Crippen LogP contribution in [-0.4, -0.2) is 19.9 Å². The molecule has 0 aliphatic rings. The van der Waals surface area contributed by atoms with Crippen LogP contribution in [0.25, 0.3) is 0 Å². The maximum Gasteiger partial charge on any atom is 0.166 e. The van der Waals surface area contributed by atoms with Crippen LogP contribution < -0.4 is 5.73 Å². The van der Waals surface area contributed by atoms with Crippen LogP contribution in [0.15, 0.2) is 22.8 Å². The molecule has 2 radical (unpaired) electrons. The lowest BCUT2D eigenvalue weighted by molar-refractivity contribution is 1.56. The number of nitrogens with zero attached hydrogens (tertiary/aromatic N) is 2. The van der Waals surface area contributed by atoms with E-state index in [0.29, 0.717) is 0 Å². The zero-order chi connectivity index (χ0) is 6.41. The molecule has 0 saturated carbocycles. The van der Waals surface area contributed by atoms with Crippen molar-refractivity contribution in [2.24, 2.45) is 15.7 Å². The van der Waals surface area contributed by atoms with Crippen LogP contribution in [0.4, 0.5) is 0 Å². The number of aliphatic imine (C=N–C) groups is 2. The van der Waals surface area contributed by atoms with Crippen LogP contribution in [0.3, 0.4) is 0 Å². The van der Waals surface area contributed by atoms with Crippen molar-refractivity contribution in [3.63, 3.8) is 0 Å². The van der Waals surface area contributed by atoms with Gasteiger partial charge in [0.25, 0.3) is 0 Å². The number of hydrogen-bond acceptors (Lipinski definition) is 1. The molecule has 40 valence electrons. The van der Waals surface area contributed by atoms with Gasteiger partial charge in [0.1, 0.15) is 6.34 Å². The Kier molecular flexibility index (Phi) is 3.57. The molecule has 0 heterocycles. The minimum absolute atomic E-state index is 0.00407. The lowest BCUT2D eigenvalue weighted by atomic mass is 10.1. The molecule has 0 aromatic heterocycles. The topological polar surface area (TPSA) is 50.7 Å². The van der Waals surface area contributed by atoms with Crippen molar-refractivity contribution < 1.29 is 0 Å². The van der Waals surface area contributed by atoms with Crippen molar-refractivity contribution in [2.45, 2.75) is 0 Å². The molecule has 0 aromatic carbocycles. The second-order valence-corrected chi connectivity index (χ2v) is 1.00. The molecule has 0 atom stereocenters. The van der Waals surface area contributed by atoms with Crippen LogP contribution in [0.5, 0.6) is 0 Å². The lowest BCUT2D eigenvalue weighted by Gasteiger charge is -1.79. The van der Waals surface area contributed by atoms with E-state index in [1.54, 1.807) is 0 Å². The summed E-state index contributed by atoms with van der Waals surface area (Å²) in [6.07, 6.45) is 2.56. The number of hydrogen-bond donors (Lipinski definition) is 1. The Bertz CT molecular complexity index is 123. The minimum Gasteiger partial charge on any atom is -0.396 e. The molecule has 0 spiro atoms. The zero-order valence-electron chi connectivity index (χ0n) is 4.41. The summed E-state index contributed by atoms with van der Waals surface area (Å²) >= 11 is 0. The SMILES string of the molecule is [B]C(N)=NC=NC=C. The third-order valence-corrected chi connectivity index (χ3v) is 0.379. The first-order chi connectivity index (χ1) is 3.77. The summed E-state index contributed by atoms with van der Waals surface area (Å²) in [7, 11) is 4.94. The van der Waals surface area contributed by atoms with E-state index in [2.05, 4.69) is 16.6 Å². The summed E-state index contributed by atoms with van der Waals surface area (Å²) in [5.41, 5.74) is 4.93. The van der Waals surface area contributed by atoms with Crippen molar-refractivity contribution in [3.05, 3.63) is 12.8 Å². The molecule has 3 nitrogen and oxygen atoms in total. The molecular weight excluding hydrogens is 101 g/mol. The average Bonchev–Trinajstić information content (AvgIpc) is 1.66. The van der Waals surface area contributed by atoms with Crippen LogP contribution in [0.1, 0.15) is 0 Å². The third-order valence-electron chi connectivity index (χ3n) is 0.379. The Morgan fingerprint density at radius 1 is 1.75 bits per heavy atom. The highest BCUT2D eigenvalue weighted by atomic mass is 14.9. The Hall–Kier alpha value is -1.06. The van der Waals surface area contributed by atoms with E-state index in [4.69, 9.17) is 13.6 Å². The molecule has 8 heavy (non-hydrogen) atoms. The molecule has 4 heteroatoms. The molecule has 0 aliphatic heterocycles. The molecule has 0 aliphatic carbocycles. The van der Waals surface area contributed by atoms with Crippen molar-refractivity contribution >= 4 is 19.9 Å². The normalized spacial score (nSPS) is 12.2. The number of rotatable bonds is 2. The van der Waals surface area contributed by atoms with Crippen molar-refractivity contribution in [3.8, 4) is 0 Å². The third kappa shape index (κ3) is 4.94. The molecule has 0 fully saturated rings. The van der Waals surface area contributed by atoms with E-state index in [1.807, 2.05) is 0 Å². The monoisotopic (exact) mass is 107 g/mol. The maximum atomic E-state index is 4.94. The fraction of sp³-hybridized carbons (Fsp3) is 0. The molecule has 0 amide bonds. The van der Waals surface area contributed by atoms with Gasteiger partial charge in [-0.25, -0.2) is 9.98 Å². The van der Waals surface area contributed by atoms with Crippen LogP contribution in [0, 0.1) is 0 Å². The van der Waals surface area contributed by atoms with Gasteiger partial charge in [-0.2, -0.15) is 0 Å². The molecule has 0 rings (SSSR count). The lowest BCUT2D eigenvalue weighted by Crippen LogP contribution is -2.10. The van der Waals surface area contributed by atoms with E-state index >= 15 is 0 Å². The summed E-state index contributed by atoms with van der Waals surface area (Å²) in [6, 6.07) is 0. The average molecular weight is 107 g/mol. The van der Waals surface area contributed by atoms with E-state index in [0.717, 1.165) is 0 Å². The number of nitrogens with two attached hydrogens (primary N) is 1. The van der Waals surface area contributed by atoms with Crippen LogP contribution in [-0.2, 0) is 0 Å². The second kappa shape index (κ2) is 4.11. The van der Waals surface area contributed by atoms with E-state index < -0.39 is 0 Å². The van der Waals surface area contributed by atoms with E-state index in [1.165, 1.54) is 12.5 Å². The molecule has 0 saturated heterocycles. The standard InChI is InChI=1S/C4H6BN3/c1-2-7-3-8-4(5)6/h2-3H,1H2,(H2,6,7,8). The van der Waals surface area contributed by atoms with Gasteiger partial charge in [0.2, 0.25) is 0 Å². The van der Waals surface area contributed by atoms with Gasteiger partial charge in [-0.3, -0.25) is 0 Å². The zero-order valence-corrected chi connectivity index (χ0v) is 4.41. The van der Waals surface area contributed by atoms with Gasteiger partial charge in [-0.1, -0.05) is 6.58 Å². The van der Waals surface area contributed by atoms with Gasteiger partial charge < -0.3 is 5.73 Å². The Balaban J connectivity index is 3.57. The highest BCUT2D eigenvalue weighted by Crippen LogP contribution is 1.64. The van der Waals surface area contributed by atoms with Crippen molar-refractivity contribution in [1.82, 2.24) is 0 Å². The summed E-state index contributed by atoms with van der Waals surface area (Å²) in [6.45, 7) is 3.31. The minimum atomic E-state index is -0.00407. The molecule has 0 bridgehead atoms. The molecule has 0 unspecified atom stereocenters. The highest BCUT2D eigenvalue weighted by molar-refractivity contribution is 6.59. The van der Waals surface area contributed by atoms with E-state index in [-0.39, 0.29) is 5.73 Å². The Morgan fingerprint density at radius 2 is 2.38 bits per heavy atom. The van der Waals surface area contributed by atoms with Crippen molar-refractivity contribution in [2.75, 3.05) is 0 Å². The summed E-state index contributed by atoms with van der Waals surface area (Å²) < 4.78 is 0. The fourth-order valence-corrected chi connectivity index (χ4v) is 0.147. The van der Waals surface area contributed by atoms with Gasteiger partial charge >= 0.3 is 0 Å². The first-order valence-corrected chi connectivity index (χ1v) is 1.98. The molecule has 0 aromatic rings. The van der Waals surface area contributed by atoms with Crippen LogP contribution in [0.2, 0.25) is 0 Å². The highest BCUT2D eigenvalue weighted by Gasteiger charge is 1.68. The summed E-state index contributed by atoms with van der Waals surface area (Å²) in [4.78, 5) is 6.93.